The maximum atomic E-state index is 5.69. The van der Waals surface area contributed by atoms with Crippen molar-refractivity contribution in [1.29, 1.82) is 0 Å². The molecular formula is C14H16N2O. The predicted octanol–water partition coefficient (Wildman–Crippen LogP) is 2.85. The van der Waals surface area contributed by atoms with Crippen molar-refractivity contribution in [2.45, 2.75) is 0 Å². The van der Waals surface area contributed by atoms with Gasteiger partial charge >= 0.3 is 0 Å². The monoisotopic (exact) mass is 228 g/mol. The lowest BCUT2D eigenvalue weighted by molar-refractivity contribution is 0.483. The van der Waals surface area contributed by atoms with Gasteiger partial charge in [-0.25, -0.2) is 0 Å². The Kier molecular flexibility index (Phi) is 4.00. The molecule has 0 saturated carbocycles. The highest BCUT2D eigenvalue weighted by Gasteiger charge is 1.96. The van der Waals surface area contributed by atoms with Crippen molar-refractivity contribution in [3.05, 3.63) is 54.6 Å². The molecule has 3 heteroatoms. The highest BCUT2D eigenvalue weighted by Crippen LogP contribution is 2.22. The van der Waals surface area contributed by atoms with Crippen LogP contribution in [0.25, 0.3) is 0 Å². The molecule has 0 unspecified atom stereocenters. The fourth-order valence-corrected chi connectivity index (χ4v) is 1.48. The minimum atomic E-state index is 0.627. The summed E-state index contributed by atoms with van der Waals surface area (Å²) in [5, 5.41) is 3.20. The number of benzene rings is 2. The zero-order valence-corrected chi connectivity index (χ0v) is 9.60. The van der Waals surface area contributed by atoms with E-state index in [1.165, 1.54) is 0 Å². The topological polar surface area (TPSA) is 47.3 Å². The van der Waals surface area contributed by atoms with E-state index in [9.17, 15) is 0 Å². The maximum absolute atomic E-state index is 5.69. The quantitative estimate of drug-likeness (QED) is 0.827. The van der Waals surface area contributed by atoms with Gasteiger partial charge in [-0.1, -0.05) is 18.2 Å². The van der Waals surface area contributed by atoms with Crippen molar-refractivity contribution in [3.63, 3.8) is 0 Å². The third-order valence-electron chi connectivity index (χ3n) is 2.31. The highest BCUT2D eigenvalue weighted by molar-refractivity contribution is 5.47. The van der Waals surface area contributed by atoms with Gasteiger partial charge in [0.15, 0.2) is 0 Å². The average molecular weight is 228 g/mol. The third kappa shape index (κ3) is 3.50. The van der Waals surface area contributed by atoms with Gasteiger partial charge in [-0.15, -0.1) is 0 Å². The zero-order valence-electron chi connectivity index (χ0n) is 9.60. The number of anilines is 1. The average Bonchev–Trinajstić information content (AvgIpc) is 2.39. The van der Waals surface area contributed by atoms with E-state index >= 15 is 0 Å². The van der Waals surface area contributed by atoms with Gasteiger partial charge in [-0.05, 0) is 36.4 Å². The molecule has 0 aliphatic heterocycles. The van der Waals surface area contributed by atoms with E-state index < -0.39 is 0 Å². The summed E-state index contributed by atoms with van der Waals surface area (Å²) in [5.74, 6) is 1.67. The molecule has 0 fully saturated rings. The number of hydrogen-bond acceptors (Lipinski definition) is 3. The summed E-state index contributed by atoms with van der Waals surface area (Å²) in [4.78, 5) is 0. The molecule has 0 saturated heterocycles. The number of rotatable bonds is 5. The molecule has 0 heterocycles. The van der Waals surface area contributed by atoms with Crippen molar-refractivity contribution in [3.8, 4) is 11.5 Å². The molecule has 0 aliphatic carbocycles. The number of nitrogens with two attached hydrogens (primary N) is 1. The minimum Gasteiger partial charge on any atom is -0.457 e. The molecule has 0 atom stereocenters. The first kappa shape index (κ1) is 11.5. The van der Waals surface area contributed by atoms with E-state index in [0.29, 0.717) is 6.54 Å². The summed E-state index contributed by atoms with van der Waals surface area (Å²) in [5.41, 5.74) is 6.47. The maximum Gasteiger partial charge on any atom is 0.127 e. The van der Waals surface area contributed by atoms with Crippen molar-refractivity contribution in [2.75, 3.05) is 18.4 Å². The van der Waals surface area contributed by atoms with Crippen LogP contribution < -0.4 is 15.8 Å². The molecule has 3 nitrogen and oxygen atoms in total. The first-order chi connectivity index (χ1) is 8.38. The van der Waals surface area contributed by atoms with Gasteiger partial charge in [-0.3, -0.25) is 0 Å². The molecule has 0 bridgehead atoms. The largest absolute Gasteiger partial charge is 0.457 e. The summed E-state index contributed by atoms with van der Waals surface area (Å²) >= 11 is 0. The van der Waals surface area contributed by atoms with Crippen LogP contribution in [0.3, 0.4) is 0 Å². The molecule has 0 spiro atoms. The highest BCUT2D eigenvalue weighted by atomic mass is 16.5. The van der Waals surface area contributed by atoms with Gasteiger partial charge in [0.1, 0.15) is 11.5 Å². The minimum absolute atomic E-state index is 0.627. The van der Waals surface area contributed by atoms with Crippen LogP contribution in [-0.4, -0.2) is 13.1 Å². The van der Waals surface area contributed by atoms with Crippen LogP contribution in [0.15, 0.2) is 54.6 Å². The Morgan fingerprint density at radius 1 is 0.882 bits per heavy atom. The lowest BCUT2D eigenvalue weighted by Gasteiger charge is -2.07. The molecule has 17 heavy (non-hydrogen) atoms. The van der Waals surface area contributed by atoms with Crippen LogP contribution in [0, 0.1) is 0 Å². The van der Waals surface area contributed by atoms with Gasteiger partial charge in [0.25, 0.3) is 0 Å². The van der Waals surface area contributed by atoms with Crippen LogP contribution in [0.2, 0.25) is 0 Å². The standard InChI is InChI=1S/C14H16N2O/c15-10-11-16-12-6-8-14(9-7-12)17-13-4-2-1-3-5-13/h1-9,16H,10-11,15H2. The molecule has 0 aromatic heterocycles. The van der Waals surface area contributed by atoms with Crippen molar-refractivity contribution in [2.24, 2.45) is 5.73 Å². The first-order valence-corrected chi connectivity index (χ1v) is 5.65. The second-order valence-corrected chi connectivity index (χ2v) is 3.65. The van der Waals surface area contributed by atoms with Crippen LogP contribution >= 0.6 is 0 Å². The fraction of sp³-hybridized carbons (Fsp3) is 0.143. The van der Waals surface area contributed by atoms with Gasteiger partial charge in [0.05, 0.1) is 0 Å². The summed E-state index contributed by atoms with van der Waals surface area (Å²) in [6.45, 7) is 1.40. The number of ether oxygens (including phenoxy) is 1. The molecule has 2 aromatic carbocycles. The predicted molar refractivity (Wildman–Crippen MR) is 70.5 cm³/mol. The van der Waals surface area contributed by atoms with Crippen molar-refractivity contribution >= 4 is 5.69 Å². The van der Waals surface area contributed by atoms with Gasteiger partial charge in [-0.2, -0.15) is 0 Å². The zero-order chi connectivity index (χ0) is 11.9. The van der Waals surface area contributed by atoms with E-state index in [1.807, 2.05) is 54.6 Å². The van der Waals surface area contributed by atoms with E-state index in [2.05, 4.69) is 5.32 Å². The third-order valence-corrected chi connectivity index (χ3v) is 2.31. The molecule has 0 amide bonds. The molecule has 0 aliphatic rings. The first-order valence-electron chi connectivity index (χ1n) is 5.65. The summed E-state index contributed by atoms with van der Waals surface area (Å²) in [6.07, 6.45) is 0. The van der Waals surface area contributed by atoms with Gasteiger partial charge in [0, 0.05) is 18.8 Å². The lowest BCUT2D eigenvalue weighted by Crippen LogP contribution is -2.12. The normalized spacial score (nSPS) is 9.94. The number of nitrogens with one attached hydrogen (secondary N) is 1. The van der Waals surface area contributed by atoms with Crippen LogP contribution in [-0.2, 0) is 0 Å². The number of hydrogen-bond donors (Lipinski definition) is 2. The lowest BCUT2D eigenvalue weighted by atomic mass is 10.3. The van der Waals surface area contributed by atoms with E-state index in [0.717, 1.165) is 23.7 Å². The van der Waals surface area contributed by atoms with Gasteiger partial charge in [0.2, 0.25) is 0 Å². The van der Waals surface area contributed by atoms with Crippen molar-refractivity contribution in [1.82, 2.24) is 0 Å². The second kappa shape index (κ2) is 5.92. The second-order valence-electron chi connectivity index (χ2n) is 3.65. The van der Waals surface area contributed by atoms with Gasteiger partial charge < -0.3 is 15.8 Å². The Balaban J connectivity index is 1.98. The summed E-state index contributed by atoms with van der Waals surface area (Å²) in [6, 6.07) is 17.6. The molecule has 2 rings (SSSR count). The van der Waals surface area contributed by atoms with Crippen LogP contribution in [0.4, 0.5) is 5.69 Å². The summed E-state index contributed by atoms with van der Waals surface area (Å²) < 4.78 is 5.69. The fourth-order valence-electron chi connectivity index (χ4n) is 1.48. The summed E-state index contributed by atoms with van der Waals surface area (Å²) in [7, 11) is 0. The SMILES string of the molecule is NCCNc1ccc(Oc2ccccc2)cc1. The Morgan fingerprint density at radius 2 is 1.53 bits per heavy atom. The molecule has 0 radical (unpaired) electrons. The van der Waals surface area contributed by atoms with E-state index in [4.69, 9.17) is 10.5 Å². The Hall–Kier alpha value is -2.00. The smallest absolute Gasteiger partial charge is 0.127 e. The van der Waals surface area contributed by atoms with E-state index in [1.54, 1.807) is 0 Å². The Bertz CT molecular complexity index is 440. The molecule has 3 N–H and O–H groups in total. The van der Waals surface area contributed by atoms with E-state index in [-0.39, 0.29) is 0 Å². The molecular weight excluding hydrogens is 212 g/mol. The molecule has 2 aromatic rings. The number of para-hydroxylation sites is 1. The molecule has 88 valence electrons. The van der Waals surface area contributed by atoms with Crippen LogP contribution in [0.5, 0.6) is 11.5 Å². The van der Waals surface area contributed by atoms with Crippen LogP contribution in [0.1, 0.15) is 0 Å². The Morgan fingerprint density at radius 3 is 2.18 bits per heavy atom. The Labute approximate surface area is 101 Å². The van der Waals surface area contributed by atoms with Crippen molar-refractivity contribution < 1.29 is 4.74 Å².